The molecule has 2 rings (SSSR count). The summed E-state index contributed by atoms with van der Waals surface area (Å²) in [7, 11) is 0. The maximum Gasteiger partial charge on any atom is 0.101 e. The highest BCUT2D eigenvalue weighted by Crippen LogP contribution is 2.29. The molecule has 0 aliphatic carbocycles. The molecule has 0 aromatic heterocycles. The number of nitrogens with zero attached hydrogens (tertiary/aromatic N) is 2. The molecule has 0 bridgehead atoms. The summed E-state index contributed by atoms with van der Waals surface area (Å²) in [5.41, 5.74) is 10.5. The number of benzene rings is 2. The summed E-state index contributed by atoms with van der Waals surface area (Å²) in [6.07, 6.45) is 0. The Balaban J connectivity index is 2.47. The lowest BCUT2D eigenvalue weighted by Gasteiger charge is -2.24. The summed E-state index contributed by atoms with van der Waals surface area (Å²) >= 11 is 0. The molecule has 2 aromatic rings. The zero-order valence-electron chi connectivity index (χ0n) is 11.9. The van der Waals surface area contributed by atoms with Gasteiger partial charge >= 0.3 is 0 Å². The Morgan fingerprint density at radius 1 is 1.15 bits per heavy atom. The van der Waals surface area contributed by atoms with Gasteiger partial charge in [0.05, 0.1) is 11.3 Å². The van der Waals surface area contributed by atoms with Crippen LogP contribution in [0.5, 0.6) is 0 Å². The van der Waals surface area contributed by atoms with Crippen molar-refractivity contribution in [2.45, 2.75) is 20.4 Å². The zero-order valence-corrected chi connectivity index (χ0v) is 11.9. The summed E-state index contributed by atoms with van der Waals surface area (Å²) in [5.74, 6) is 0. The second-order valence-corrected chi connectivity index (χ2v) is 4.75. The second kappa shape index (κ2) is 6.23. The molecule has 0 amide bonds. The van der Waals surface area contributed by atoms with Gasteiger partial charge in [-0.15, -0.1) is 0 Å². The van der Waals surface area contributed by atoms with Crippen LogP contribution in [-0.2, 0) is 6.54 Å². The lowest BCUT2D eigenvalue weighted by Crippen LogP contribution is -2.17. The smallest absolute Gasteiger partial charge is 0.101 e. The third kappa shape index (κ3) is 2.81. The van der Waals surface area contributed by atoms with E-state index >= 15 is 0 Å². The molecule has 0 saturated heterocycles. The molecular weight excluding hydrogens is 246 g/mol. The summed E-state index contributed by atoms with van der Waals surface area (Å²) in [6, 6.07) is 16.4. The fourth-order valence-electron chi connectivity index (χ4n) is 2.25. The number of hydrogen-bond donors (Lipinski definition) is 1. The fourth-order valence-corrected chi connectivity index (χ4v) is 2.25. The molecule has 0 radical (unpaired) electrons. The van der Waals surface area contributed by atoms with Gasteiger partial charge in [-0.2, -0.15) is 5.26 Å². The van der Waals surface area contributed by atoms with Crippen molar-refractivity contribution in [3.8, 4) is 6.07 Å². The fraction of sp³-hybridized carbons (Fsp3) is 0.235. The predicted octanol–water partition coefficient (Wildman–Crippen LogP) is 3.48. The van der Waals surface area contributed by atoms with Gasteiger partial charge in [0.25, 0.3) is 0 Å². The van der Waals surface area contributed by atoms with Crippen LogP contribution >= 0.6 is 0 Å². The van der Waals surface area contributed by atoms with E-state index in [1.807, 2.05) is 18.2 Å². The molecule has 2 N–H and O–H groups in total. The van der Waals surface area contributed by atoms with Gasteiger partial charge in [0.2, 0.25) is 0 Å². The summed E-state index contributed by atoms with van der Waals surface area (Å²) < 4.78 is 0. The van der Waals surface area contributed by atoms with Crippen molar-refractivity contribution in [3.05, 3.63) is 59.2 Å². The van der Waals surface area contributed by atoms with E-state index < -0.39 is 0 Å². The maximum atomic E-state index is 9.36. The van der Waals surface area contributed by atoms with E-state index in [0.29, 0.717) is 12.1 Å². The second-order valence-electron chi connectivity index (χ2n) is 4.75. The minimum Gasteiger partial charge on any atom is -0.341 e. The van der Waals surface area contributed by atoms with Crippen LogP contribution in [0, 0.1) is 18.3 Å². The van der Waals surface area contributed by atoms with E-state index in [9.17, 15) is 5.26 Å². The number of anilines is 2. The van der Waals surface area contributed by atoms with Crippen LogP contribution in [0.3, 0.4) is 0 Å². The average molecular weight is 265 g/mol. The zero-order chi connectivity index (χ0) is 14.5. The number of aryl methyl sites for hydroxylation is 1. The number of rotatable bonds is 4. The van der Waals surface area contributed by atoms with E-state index in [1.54, 1.807) is 0 Å². The van der Waals surface area contributed by atoms with Crippen LogP contribution in [-0.4, -0.2) is 6.54 Å². The van der Waals surface area contributed by atoms with Crippen LogP contribution in [0.25, 0.3) is 0 Å². The van der Waals surface area contributed by atoms with Crippen molar-refractivity contribution in [1.29, 1.82) is 5.26 Å². The van der Waals surface area contributed by atoms with Crippen molar-refractivity contribution in [2.75, 3.05) is 11.4 Å². The Morgan fingerprint density at radius 3 is 2.40 bits per heavy atom. The molecule has 3 heteroatoms. The Morgan fingerprint density at radius 2 is 1.85 bits per heavy atom. The first kappa shape index (κ1) is 14.1. The molecule has 0 saturated carbocycles. The first-order valence-electron chi connectivity index (χ1n) is 6.77. The summed E-state index contributed by atoms with van der Waals surface area (Å²) in [6.45, 7) is 5.40. The molecule has 0 heterocycles. The Hall–Kier alpha value is -2.31. The Bertz CT molecular complexity index is 624. The quantitative estimate of drug-likeness (QED) is 0.920. The van der Waals surface area contributed by atoms with E-state index in [-0.39, 0.29) is 0 Å². The molecule has 0 spiro atoms. The molecule has 0 fully saturated rings. The van der Waals surface area contributed by atoms with Gasteiger partial charge in [0.15, 0.2) is 0 Å². The first-order valence-corrected chi connectivity index (χ1v) is 6.77. The highest BCUT2D eigenvalue weighted by atomic mass is 15.1. The van der Waals surface area contributed by atoms with Gasteiger partial charge in [-0.3, -0.25) is 0 Å². The van der Waals surface area contributed by atoms with Crippen molar-refractivity contribution in [2.24, 2.45) is 5.73 Å². The SMILES string of the molecule is CCN(c1ccc(C)cc1)c1ccc(CN)cc1C#N. The van der Waals surface area contributed by atoms with Gasteiger partial charge in [0.1, 0.15) is 6.07 Å². The van der Waals surface area contributed by atoms with E-state index in [1.165, 1.54) is 5.56 Å². The highest BCUT2D eigenvalue weighted by molar-refractivity contribution is 5.69. The lowest BCUT2D eigenvalue weighted by atomic mass is 10.1. The average Bonchev–Trinajstić information content (AvgIpc) is 2.50. The molecule has 0 aliphatic heterocycles. The highest BCUT2D eigenvalue weighted by Gasteiger charge is 2.12. The van der Waals surface area contributed by atoms with Crippen LogP contribution < -0.4 is 10.6 Å². The van der Waals surface area contributed by atoms with Crippen molar-refractivity contribution < 1.29 is 0 Å². The van der Waals surface area contributed by atoms with E-state index in [4.69, 9.17) is 5.73 Å². The molecular formula is C17H19N3. The van der Waals surface area contributed by atoms with Crippen molar-refractivity contribution in [1.82, 2.24) is 0 Å². The number of nitriles is 1. The molecule has 3 nitrogen and oxygen atoms in total. The van der Waals surface area contributed by atoms with E-state index in [0.717, 1.165) is 23.5 Å². The maximum absolute atomic E-state index is 9.36. The molecule has 0 aliphatic rings. The minimum atomic E-state index is 0.450. The van der Waals surface area contributed by atoms with Gasteiger partial charge in [-0.1, -0.05) is 23.8 Å². The summed E-state index contributed by atoms with van der Waals surface area (Å²) in [4.78, 5) is 2.14. The first-order chi connectivity index (χ1) is 9.69. The third-order valence-corrected chi connectivity index (χ3v) is 3.37. The normalized spacial score (nSPS) is 10.1. The molecule has 102 valence electrons. The molecule has 2 aromatic carbocycles. The van der Waals surface area contributed by atoms with Gasteiger partial charge in [-0.25, -0.2) is 0 Å². The Labute approximate surface area is 120 Å². The molecule has 0 unspecified atom stereocenters. The standard InChI is InChI=1S/C17H19N3/c1-3-20(16-7-4-13(2)5-8-16)17-9-6-14(11-18)10-15(17)12-19/h4-10H,3,11,18H2,1-2H3. The number of hydrogen-bond acceptors (Lipinski definition) is 3. The van der Waals surface area contributed by atoms with Crippen LogP contribution in [0.15, 0.2) is 42.5 Å². The topological polar surface area (TPSA) is 53.0 Å². The van der Waals surface area contributed by atoms with Crippen LogP contribution in [0.4, 0.5) is 11.4 Å². The molecule has 0 atom stereocenters. The number of nitrogens with two attached hydrogens (primary N) is 1. The lowest BCUT2D eigenvalue weighted by molar-refractivity contribution is 1.01. The Kier molecular flexibility index (Phi) is 4.39. The largest absolute Gasteiger partial charge is 0.341 e. The van der Waals surface area contributed by atoms with Gasteiger partial charge in [-0.05, 0) is 43.7 Å². The third-order valence-electron chi connectivity index (χ3n) is 3.37. The van der Waals surface area contributed by atoms with E-state index in [2.05, 4.69) is 49.1 Å². The molecule has 20 heavy (non-hydrogen) atoms. The van der Waals surface area contributed by atoms with Gasteiger partial charge in [0, 0.05) is 18.8 Å². The van der Waals surface area contributed by atoms with Crippen LogP contribution in [0.1, 0.15) is 23.6 Å². The predicted molar refractivity (Wildman–Crippen MR) is 82.9 cm³/mol. The van der Waals surface area contributed by atoms with Crippen molar-refractivity contribution >= 4 is 11.4 Å². The van der Waals surface area contributed by atoms with Crippen molar-refractivity contribution in [3.63, 3.8) is 0 Å². The minimum absolute atomic E-state index is 0.450. The van der Waals surface area contributed by atoms with Crippen LogP contribution in [0.2, 0.25) is 0 Å². The van der Waals surface area contributed by atoms with Gasteiger partial charge < -0.3 is 10.6 Å². The summed E-state index contributed by atoms with van der Waals surface area (Å²) in [5, 5.41) is 9.36. The monoisotopic (exact) mass is 265 g/mol.